The van der Waals surface area contributed by atoms with Crippen LogP contribution in [0.25, 0.3) is 0 Å². The highest BCUT2D eigenvalue weighted by atomic mass is 16.5. The third-order valence-corrected chi connectivity index (χ3v) is 3.90. The molecule has 2 N–H and O–H groups in total. The van der Waals surface area contributed by atoms with Crippen molar-refractivity contribution >= 4 is 5.91 Å². The summed E-state index contributed by atoms with van der Waals surface area (Å²) in [4.78, 5) is 11.6. The molecule has 0 unspecified atom stereocenters. The Bertz CT molecular complexity index is 266. The first kappa shape index (κ1) is 15.4. The van der Waals surface area contributed by atoms with E-state index >= 15 is 0 Å². The molecular weight excluding hydrogens is 230 g/mol. The molecule has 0 heterocycles. The molecule has 0 bridgehead atoms. The SMILES string of the molecule is COCCCC(=O)NCC1(O)CCC(C)(C)CC1. The standard InChI is InChI=1S/C14H27NO3/c1-13(2)6-8-14(17,9-7-13)11-15-12(16)5-4-10-18-3/h17H,4-11H2,1-3H3,(H,15,16). The normalized spacial score (nSPS) is 21.6. The number of nitrogens with one attached hydrogen (secondary N) is 1. The van der Waals surface area contributed by atoms with Crippen LogP contribution >= 0.6 is 0 Å². The number of hydrogen-bond acceptors (Lipinski definition) is 3. The molecule has 1 aliphatic carbocycles. The molecule has 1 fully saturated rings. The van der Waals surface area contributed by atoms with Gasteiger partial charge < -0.3 is 15.2 Å². The van der Waals surface area contributed by atoms with Gasteiger partial charge in [0.15, 0.2) is 0 Å². The summed E-state index contributed by atoms with van der Waals surface area (Å²) in [6, 6.07) is 0. The lowest BCUT2D eigenvalue weighted by atomic mass is 9.71. The molecule has 0 aromatic heterocycles. The summed E-state index contributed by atoms with van der Waals surface area (Å²) in [5.41, 5.74) is -0.374. The Morgan fingerprint density at radius 3 is 2.44 bits per heavy atom. The third-order valence-electron chi connectivity index (χ3n) is 3.90. The summed E-state index contributed by atoms with van der Waals surface area (Å²) in [7, 11) is 1.63. The molecular formula is C14H27NO3. The third kappa shape index (κ3) is 5.36. The predicted octanol–water partition coefficient (Wildman–Crippen LogP) is 1.86. The van der Waals surface area contributed by atoms with E-state index in [9.17, 15) is 9.90 Å². The fraction of sp³-hybridized carbons (Fsp3) is 0.929. The fourth-order valence-corrected chi connectivity index (χ4v) is 2.30. The molecule has 1 rings (SSSR count). The van der Waals surface area contributed by atoms with Crippen LogP contribution in [0.1, 0.15) is 52.4 Å². The van der Waals surface area contributed by atoms with Crippen LogP contribution in [0.2, 0.25) is 0 Å². The molecule has 0 spiro atoms. The van der Waals surface area contributed by atoms with Gasteiger partial charge >= 0.3 is 0 Å². The smallest absolute Gasteiger partial charge is 0.220 e. The Morgan fingerprint density at radius 1 is 1.28 bits per heavy atom. The largest absolute Gasteiger partial charge is 0.388 e. The zero-order valence-corrected chi connectivity index (χ0v) is 11.9. The van der Waals surface area contributed by atoms with E-state index in [0.717, 1.165) is 32.1 Å². The molecule has 4 nitrogen and oxygen atoms in total. The van der Waals surface area contributed by atoms with Crippen LogP contribution < -0.4 is 5.32 Å². The number of carbonyl (C=O) groups excluding carboxylic acids is 1. The monoisotopic (exact) mass is 257 g/mol. The molecule has 0 aliphatic heterocycles. The van der Waals surface area contributed by atoms with E-state index in [1.807, 2.05) is 0 Å². The van der Waals surface area contributed by atoms with Crippen molar-refractivity contribution in [2.45, 2.75) is 58.0 Å². The van der Waals surface area contributed by atoms with Gasteiger partial charge in [0.1, 0.15) is 0 Å². The van der Waals surface area contributed by atoms with Crippen molar-refractivity contribution in [2.75, 3.05) is 20.3 Å². The Balaban J connectivity index is 2.24. The van der Waals surface area contributed by atoms with Gasteiger partial charge in [-0.1, -0.05) is 13.8 Å². The highest BCUT2D eigenvalue weighted by Crippen LogP contribution is 2.39. The Labute approximate surface area is 110 Å². The van der Waals surface area contributed by atoms with Crippen molar-refractivity contribution in [2.24, 2.45) is 5.41 Å². The number of hydrogen-bond donors (Lipinski definition) is 2. The minimum absolute atomic E-state index is 0.00492. The maximum absolute atomic E-state index is 11.6. The van der Waals surface area contributed by atoms with Gasteiger partial charge in [0.25, 0.3) is 0 Å². The number of methoxy groups -OCH3 is 1. The lowest BCUT2D eigenvalue weighted by Gasteiger charge is -2.40. The molecule has 0 radical (unpaired) electrons. The summed E-state index contributed by atoms with van der Waals surface area (Å²) >= 11 is 0. The molecule has 0 aromatic carbocycles. The number of rotatable bonds is 6. The van der Waals surface area contributed by atoms with Gasteiger partial charge in [-0.25, -0.2) is 0 Å². The van der Waals surface area contributed by atoms with E-state index in [1.54, 1.807) is 7.11 Å². The Kier molecular flexibility index (Phi) is 5.60. The van der Waals surface area contributed by atoms with E-state index in [2.05, 4.69) is 19.2 Å². The van der Waals surface area contributed by atoms with Crippen molar-refractivity contribution in [3.05, 3.63) is 0 Å². The topological polar surface area (TPSA) is 58.6 Å². The average Bonchev–Trinajstić information content (AvgIpc) is 2.32. The van der Waals surface area contributed by atoms with Gasteiger partial charge in [0.05, 0.1) is 5.60 Å². The van der Waals surface area contributed by atoms with Crippen molar-refractivity contribution < 1.29 is 14.6 Å². The van der Waals surface area contributed by atoms with Crippen LogP contribution in [0.5, 0.6) is 0 Å². The zero-order valence-electron chi connectivity index (χ0n) is 11.9. The second-order valence-electron chi connectivity index (χ2n) is 6.26. The quantitative estimate of drug-likeness (QED) is 0.714. The first-order valence-electron chi connectivity index (χ1n) is 6.85. The van der Waals surface area contributed by atoms with Gasteiger partial charge in [0.2, 0.25) is 5.91 Å². The molecule has 0 atom stereocenters. The predicted molar refractivity (Wildman–Crippen MR) is 71.3 cm³/mol. The van der Waals surface area contributed by atoms with Crippen molar-refractivity contribution in [1.82, 2.24) is 5.32 Å². The highest BCUT2D eigenvalue weighted by Gasteiger charge is 2.36. The van der Waals surface area contributed by atoms with Crippen LogP contribution in [-0.2, 0) is 9.53 Å². The van der Waals surface area contributed by atoms with Crippen LogP contribution in [0, 0.1) is 5.41 Å². The molecule has 0 saturated heterocycles. The van der Waals surface area contributed by atoms with E-state index in [4.69, 9.17) is 4.74 Å². The summed E-state index contributed by atoms with van der Waals surface area (Å²) in [5, 5.41) is 13.2. The van der Waals surface area contributed by atoms with Gasteiger partial charge in [-0.3, -0.25) is 4.79 Å². The van der Waals surface area contributed by atoms with Gasteiger partial charge in [-0.15, -0.1) is 0 Å². The highest BCUT2D eigenvalue weighted by molar-refractivity contribution is 5.75. The minimum Gasteiger partial charge on any atom is -0.388 e. The van der Waals surface area contributed by atoms with Crippen molar-refractivity contribution in [1.29, 1.82) is 0 Å². The maximum Gasteiger partial charge on any atom is 0.220 e. The summed E-state index contributed by atoms with van der Waals surface area (Å²) in [6.45, 7) is 5.45. The minimum atomic E-state index is -0.702. The number of aliphatic hydroxyl groups is 1. The Hall–Kier alpha value is -0.610. The van der Waals surface area contributed by atoms with Gasteiger partial charge in [-0.2, -0.15) is 0 Å². The summed E-state index contributed by atoms with van der Waals surface area (Å²) in [6.07, 6.45) is 4.78. The molecule has 1 saturated carbocycles. The summed E-state index contributed by atoms with van der Waals surface area (Å²) < 4.78 is 4.90. The van der Waals surface area contributed by atoms with Crippen molar-refractivity contribution in [3.63, 3.8) is 0 Å². The summed E-state index contributed by atoms with van der Waals surface area (Å²) in [5.74, 6) is 0.00492. The second-order valence-corrected chi connectivity index (χ2v) is 6.26. The maximum atomic E-state index is 11.6. The van der Waals surface area contributed by atoms with Crippen LogP contribution in [0.3, 0.4) is 0 Å². The number of ether oxygens (including phenoxy) is 1. The Morgan fingerprint density at radius 2 is 1.89 bits per heavy atom. The first-order chi connectivity index (χ1) is 8.37. The molecule has 0 aromatic rings. The van der Waals surface area contributed by atoms with E-state index in [1.165, 1.54) is 0 Å². The van der Waals surface area contributed by atoms with E-state index in [-0.39, 0.29) is 5.91 Å². The van der Waals surface area contributed by atoms with Gasteiger partial charge in [0, 0.05) is 26.7 Å². The molecule has 1 amide bonds. The molecule has 4 heteroatoms. The lowest BCUT2D eigenvalue weighted by molar-refractivity contribution is -0.123. The fourth-order valence-electron chi connectivity index (χ4n) is 2.30. The first-order valence-corrected chi connectivity index (χ1v) is 6.85. The van der Waals surface area contributed by atoms with E-state index < -0.39 is 5.60 Å². The van der Waals surface area contributed by atoms with Crippen LogP contribution in [0.4, 0.5) is 0 Å². The second kappa shape index (κ2) is 6.53. The zero-order chi connectivity index (χ0) is 13.6. The molecule has 106 valence electrons. The van der Waals surface area contributed by atoms with Crippen molar-refractivity contribution in [3.8, 4) is 0 Å². The van der Waals surface area contributed by atoms with Crippen LogP contribution in [0.15, 0.2) is 0 Å². The van der Waals surface area contributed by atoms with E-state index in [0.29, 0.717) is 25.0 Å². The molecule has 18 heavy (non-hydrogen) atoms. The average molecular weight is 257 g/mol. The van der Waals surface area contributed by atoms with Gasteiger partial charge in [-0.05, 0) is 37.5 Å². The number of carbonyl (C=O) groups is 1. The number of amides is 1. The lowest BCUT2D eigenvalue weighted by Crippen LogP contribution is -2.46. The molecule has 1 aliphatic rings. The van der Waals surface area contributed by atoms with Crippen LogP contribution in [-0.4, -0.2) is 36.9 Å².